The van der Waals surface area contributed by atoms with Gasteiger partial charge in [-0.1, -0.05) is 12.2 Å². The summed E-state index contributed by atoms with van der Waals surface area (Å²) in [5, 5.41) is 2.92. The van der Waals surface area contributed by atoms with E-state index in [1.807, 2.05) is 36.7 Å². The number of nitrogens with one attached hydrogen (secondary N) is 1. The number of allylic oxidation sites excluding steroid dienone is 4. The van der Waals surface area contributed by atoms with Gasteiger partial charge in [0.15, 0.2) is 0 Å². The molecule has 0 radical (unpaired) electrons. The van der Waals surface area contributed by atoms with Crippen LogP contribution in [0.2, 0.25) is 0 Å². The monoisotopic (exact) mass is 263 g/mol. The van der Waals surface area contributed by atoms with Gasteiger partial charge in [0, 0.05) is 30.9 Å². The molecule has 0 spiro atoms. The molecular weight excluding hydrogens is 241 g/mol. The third-order valence-corrected chi connectivity index (χ3v) is 8.04. The Labute approximate surface area is 110 Å². The summed E-state index contributed by atoms with van der Waals surface area (Å²) in [5.74, 6) is 2.64. The predicted octanol–water partition coefficient (Wildman–Crippen LogP) is 3.58. The van der Waals surface area contributed by atoms with E-state index < -0.39 is 7.14 Å². The quantitative estimate of drug-likeness (QED) is 0.677. The molecule has 2 nitrogen and oxygen atoms in total. The molecule has 1 saturated carbocycles. The van der Waals surface area contributed by atoms with Crippen LogP contribution in [0.1, 0.15) is 19.3 Å². The van der Waals surface area contributed by atoms with Crippen LogP contribution in [0.25, 0.3) is 0 Å². The first-order valence-corrected chi connectivity index (χ1v) is 9.31. The Bertz CT molecular complexity index is 380. The topological polar surface area (TPSA) is 29.1 Å². The SMILES string of the molecule is C1=CC=CNC=C1.O=P12CC3CC(CC(C3)C1)C2. The van der Waals surface area contributed by atoms with Crippen molar-refractivity contribution < 1.29 is 4.57 Å². The Kier molecular flexibility index (Phi) is 3.48. The average molecular weight is 263 g/mol. The van der Waals surface area contributed by atoms with E-state index in [0.717, 1.165) is 36.2 Å². The van der Waals surface area contributed by atoms with Crippen LogP contribution in [0.4, 0.5) is 0 Å². The van der Waals surface area contributed by atoms with E-state index >= 15 is 0 Å². The molecular formula is C15H22NOP. The Morgan fingerprint density at radius 1 is 0.778 bits per heavy atom. The maximum atomic E-state index is 12.1. The molecule has 4 aliphatic heterocycles. The third kappa shape index (κ3) is 2.80. The van der Waals surface area contributed by atoms with Crippen LogP contribution in [0, 0.1) is 17.8 Å². The molecule has 0 unspecified atom stereocenters. The van der Waals surface area contributed by atoms with Crippen molar-refractivity contribution in [1.29, 1.82) is 0 Å². The summed E-state index contributed by atoms with van der Waals surface area (Å²) in [5.41, 5.74) is 0. The summed E-state index contributed by atoms with van der Waals surface area (Å²) < 4.78 is 12.1. The molecule has 3 heteroatoms. The van der Waals surface area contributed by atoms with E-state index in [1.165, 1.54) is 19.3 Å². The van der Waals surface area contributed by atoms with Gasteiger partial charge >= 0.3 is 0 Å². The van der Waals surface area contributed by atoms with E-state index in [1.54, 1.807) is 0 Å². The maximum Gasteiger partial charge on any atom is 0.0885 e. The zero-order valence-electron chi connectivity index (χ0n) is 10.8. The summed E-state index contributed by atoms with van der Waals surface area (Å²) in [7, 11) is -1.57. The standard InChI is InChI=1S/C9H15OP.C6H7N/c10-11-4-7-1-8(5-11)3-9(2-7)6-11;1-2-4-6-7-5-3-1/h7-9H,1-6H2;1-7H. The second kappa shape index (κ2) is 5.09. The van der Waals surface area contributed by atoms with E-state index in [9.17, 15) is 4.57 Å². The van der Waals surface area contributed by atoms with Gasteiger partial charge in [-0.25, -0.2) is 0 Å². The van der Waals surface area contributed by atoms with Gasteiger partial charge in [0.05, 0.1) is 7.14 Å². The fourth-order valence-electron chi connectivity index (χ4n) is 4.19. The molecule has 0 aromatic carbocycles. The van der Waals surface area contributed by atoms with Crippen LogP contribution in [0.15, 0.2) is 36.7 Å². The summed E-state index contributed by atoms with van der Waals surface area (Å²) in [6.45, 7) is 0. The van der Waals surface area contributed by atoms with Crippen molar-refractivity contribution in [2.45, 2.75) is 19.3 Å². The summed E-state index contributed by atoms with van der Waals surface area (Å²) in [6, 6.07) is 0. The molecule has 1 N–H and O–H groups in total. The van der Waals surface area contributed by atoms with Crippen LogP contribution in [-0.4, -0.2) is 18.5 Å². The molecule has 5 rings (SSSR count). The fourth-order valence-corrected chi connectivity index (χ4v) is 8.36. The van der Waals surface area contributed by atoms with Gasteiger partial charge in [-0.15, -0.1) is 0 Å². The lowest BCUT2D eigenvalue weighted by Gasteiger charge is -2.49. The minimum atomic E-state index is -1.57. The normalized spacial score (nSPS) is 43.0. The smallest absolute Gasteiger partial charge is 0.0885 e. The van der Waals surface area contributed by atoms with Crippen molar-refractivity contribution in [3.63, 3.8) is 0 Å². The first-order chi connectivity index (χ1) is 8.73. The zero-order valence-corrected chi connectivity index (χ0v) is 11.7. The van der Waals surface area contributed by atoms with Gasteiger partial charge in [0.25, 0.3) is 0 Å². The molecule has 0 aromatic rings. The average Bonchev–Trinajstić information content (AvgIpc) is 2.57. The van der Waals surface area contributed by atoms with E-state index in [-0.39, 0.29) is 0 Å². The second-order valence-electron chi connectivity index (χ2n) is 6.18. The number of hydrogen-bond acceptors (Lipinski definition) is 2. The molecule has 18 heavy (non-hydrogen) atoms. The van der Waals surface area contributed by atoms with Crippen molar-refractivity contribution >= 4 is 7.14 Å². The first-order valence-electron chi connectivity index (χ1n) is 7.05. The van der Waals surface area contributed by atoms with Crippen LogP contribution in [0.3, 0.4) is 0 Å². The van der Waals surface area contributed by atoms with Crippen LogP contribution in [-0.2, 0) is 4.57 Å². The Morgan fingerprint density at radius 2 is 1.22 bits per heavy atom. The van der Waals surface area contributed by atoms with Crippen molar-refractivity contribution in [3.05, 3.63) is 36.7 Å². The highest BCUT2D eigenvalue weighted by molar-refractivity contribution is 7.64. The lowest BCUT2D eigenvalue weighted by molar-refractivity contribution is 0.203. The fraction of sp³-hybridized carbons (Fsp3) is 0.600. The molecule has 4 bridgehead atoms. The van der Waals surface area contributed by atoms with E-state index in [4.69, 9.17) is 0 Å². The number of hydrogen-bond donors (Lipinski definition) is 1. The minimum Gasteiger partial charge on any atom is -0.368 e. The molecule has 3 saturated heterocycles. The van der Waals surface area contributed by atoms with Gasteiger partial charge in [-0.2, -0.15) is 0 Å². The summed E-state index contributed by atoms with van der Waals surface area (Å²) in [6.07, 6.45) is 19.2. The summed E-state index contributed by atoms with van der Waals surface area (Å²) in [4.78, 5) is 0. The maximum absolute atomic E-state index is 12.1. The molecule has 98 valence electrons. The largest absolute Gasteiger partial charge is 0.368 e. The van der Waals surface area contributed by atoms with Crippen molar-refractivity contribution in [2.75, 3.05) is 18.5 Å². The molecule has 4 heterocycles. The molecule has 0 aromatic heterocycles. The van der Waals surface area contributed by atoms with Gasteiger partial charge in [-0.3, -0.25) is 0 Å². The van der Waals surface area contributed by atoms with Gasteiger partial charge in [0.2, 0.25) is 0 Å². The first kappa shape index (κ1) is 12.3. The molecule has 4 fully saturated rings. The molecule has 5 aliphatic rings. The van der Waals surface area contributed by atoms with Gasteiger partial charge in [0.1, 0.15) is 0 Å². The van der Waals surface area contributed by atoms with E-state index in [0.29, 0.717) is 0 Å². The lowest BCUT2D eigenvalue weighted by atomic mass is 9.76. The Balaban J connectivity index is 0.000000125. The predicted molar refractivity (Wildman–Crippen MR) is 77.1 cm³/mol. The Hall–Kier alpha value is -0.750. The highest BCUT2D eigenvalue weighted by Crippen LogP contribution is 2.65. The second-order valence-corrected chi connectivity index (χ2v) is 9.39. The molecule has 0 atom stereocenters. The van der Waals surface area contributed by atoms with Crippen molar-refractivity contribution in [2.24, 2.45) is 17.8 Å². The van der Waals surface area contributed by atoms with E-state index in [2.05, 4.69) is 5.32 Å². The van der Waals surface area contributed by atoms with Crippen LogP contribution >= 0.6 is 7.14 Å². The van der Waals surface area contributed by atoms with Crippen molar-refractivity contribution in [1.82, 2.24) is 5.32 Å². The molecule has 1 aliphatic carbocycles. The Morgan fingerprint density at radius 3 is 1.61 bits per heavy atom. The highest BCUT2D eigenvalue weighted by atomic mass is 31.2. The van der Waals surface area contributed by atoms with Crippen LogP contribution < -0.4 is 5.32 Å². The highest BCUT2D eigenvalue weighted by Gasteiger charge is 2.47. The number of rotatable bonds is 0. The summed E-state index contributed by atoms with van der Waals surface area (Å²) >= 11 is 0. The molecule has 0 amide bonds. The minimum absolute atomic E-state index is 0.882. The van der Waals surface area contributed by atoms with Gasteiger partial charge in [-0.05, 0) is 49.2 Å². The lowest BCUT2D eigenvalue weighted by Crippen LogP contribution is -2.40. The van der Waals surface area contributed by atoms with Crippen molar-refractivity contribution in [3.8, 4) is 0 Å². The van der Waals surface area contributed by atoms with Gasteiger partial charge < -0.3 is 9.88 Å². The third-order valence-electron chi connectivity index (χ3n) is 4.49. The van der Waals surface area contributed by atoms with Crippen LogP contribution in [0.5, 0.6) is 0 Å². The zero-order chi connectivity index (χ0) is 12.4.